The topological polar surface area (TPSA) is 77.2 Å². The van der Waals surface area contributed by atoms with E-state index in [4.69, 9.17) is 20.9 Å². The fraction of sp³-hybridized carbons (Fsp3) is 0.167. The van der Waals surface area contributed by atoms with Crippen molar-refractivity contribution in [1.29, 1.82) is 0 Å². The van der Waals surface area contributed by atoms with Crippen molar-refractivity contribution in [3.05, 3.63) is 65.3 Å². The van der Waals surface area contributed by atoms with Crippen molar-refractivity contribution in [1.82, 2.24) is 15.5 Å². The highest BCUT2D eigenvalue weighted by atomic mass is 35.5. The van der Waals surface area contributed by atoms with E-state index >= 15 is 0 Å². The summed E-state index contributed by atoms with van der Waals surface area (Å²) in [6, 6.07) is 12.4. The van der Waals surface area contributed by atoms with Crippen molar-refractivity contribution in [3.8, 4) is 17.1 Å². The van der Waals surface area contributed by atoms with Gasteiger partial charge in [-0.2, -0.15) is 4.98 Å². The maximum absolute atomic E-state index is 12.9. The SMILES string of the molecule is C[C@H](Oc1ccc(F)cc1)C(=O)NCc1nc(-c2ccc(Cl)cc2)no1. The predicted molar refractivity (Wildman–Crippen MR) is 93.1 cm³/mol. The van der Waals surface area contributed by atoms with Crippen LogP contribution in [0.2, 0.25) is 5.02 Å². The van der Waals surface area contributed by atoms with Crippen LogP contribution in [-0.4, -0.2) is 22.2 Å². The van der Waals surface area contributed by atoms with Crippen molar-refractivity contribution >= 4 is 17.5 Å². The lowest BCUT2D eigenvalue weighted by Gasteiger charge is -2.13. The first-order valence-electron chi connectivity index (χ1n) is 7.80. The monoisotopic (exact) mass is 375 g/mol. The highest BCUT2D eigenvalue weighted by molar-refractivity contribution is 6.30. The number of nitrogens with one attached hydrogen (secondary N) is 1. The summed E-state index contributed by atoms with van der Waals surface area (Å²) in [5.74, 6) is 0.332. The van der Waals surface area contributed by atoms with Crippen LogP contribution in [0.4, 0.5) is 4.39 Å². The summed E-state index contributed by atoms with van der Waals surface area (Å²) in [5.41, 5.74) is 0.753. The van der Waals surface area contributed by atoms with Gasteiger partial charge in [0.1, 0.15) is 11.6 Å². The molecule has 2 aromatic carbocycles. The Kier molecular flexibility index (Phi) is 5.48. The first-order valence-corrected chi connectivity index (χ1v) is 8.17. The molecule has 0 saturated heterocycles. The molecule has 0 aliphatic heterocycles. The highest BCUT2D eigenvalue weighted by Crippen LogP contribution is 2.18. The zero-order chi connectivity index (χ0) is 18.5. The summed E-state index contributed by atoms with van der Waals surface area (Å²) in [6.07, 6.45) is -0.765. The third kappa shape index (κ3) is 4.58. The van der Waals surface area contributed by atoms with Crippen molar-refractivity contribution in [2.45, 2.75) is 19.6 Å². The quantitative estimate of drug-likeness (QED) is 0.712. The Morgan fingerprint density at radius 2 is 1.92 bits per heavy atom. The minimum atomic E-state index is -0.765. The fourth-order valence-electron chi connectivity index (χ4n) is 2.12. The normalized spacial score (nSPS) is 11.8. The van der Waals surface area contributed by atoms with E-state index in [0.717, 1.165) is 5.56 Å². The molecule has 0 radical (unpaired) electrons. The first-order chi connectivity index (χ1) is 12.5. The van der Waals surface area contributed by atoms with Crippen LogP contribution in [0.5, 0.6) is 5.75 Å². The van der Waals surface area contributed by atoms with Crippen LogP contribution in [0, 0.1) is 5.82 Å². The second kappa shape index (κ2) is 7.97. The molecular weight excluding hydrogens is 361 g/mol. The van der Waals surface area contributed by atoms with Crippen LogP contribution < -0.4 is 10.1 Å². The largest absolute Gasteiger partial charge is 0.481 e. The van der Waals surface area contributed by atoms with Crippen LogP contribution in [0.15, 0.2) is 53.1 Å². The zero-order valence-electron chi connectivity index (χ0n) is 13.8. The summed E-state index contributed by atoms with van der Waals surface area (Å²) >= 11 is 5.84. The summed E-state index contributed by atoms with van der Waals surface area (Å²) in [6.45, 7) is 1.65. The maximum atomic E-state index is 12.9. The molecule has 0 bridgehead atoms. The Labute approximate surface area is 153 Å². The molecule has 3 aromatic rings. The van der Waals surface area contributed by atoms with E-state index < -0.39 is 6.10 Å². The number of rotatable bonds is 6. The van der Waals surface area contributed by atoms with E-state index in [1.54, 1.807) is 31.2 Å². The second-order valence-electron chi connectivity index (χ2n) is 5.45. The van der Waals surface area contributed by atoms with Gasteiger partial charge in [0.15, 0.2) is 6.10 Å². The van der Waals surface area contributed by atoms with E-state index in [1.807, 2.05) is 0 Å². The van der Waals surface area contributed by atoms with Crippen molar-refractivity contribution in [2.24, 2.45) is 0 Å². The van der Waals surface area contributed by atoms with Gasteiger partial charge >= 0.3 is 0 Å². The van der Waals surface area contributed by atoms with Crippen LogP contribution in [-0.2, 0) is 11.3 Å². The Hall–Kier alpha value is -2.93. The zero-order valence-corrected chi connectivity index (χ0v) is 14.5. The summed E-state index contributed by atoms with van der Waals surface area (Å²) in [4.78, 5) is 16.3. The lowest BCUT2D eigenvalue weighted by molar-refractivity contribution is -0.127. The minimum absolute atomic E-state index is 0.0660. The van der Waals surface area contributed by atoms with E-state index in [9.17, 15) is 9.18 Å². The fourth-order valence-corrected chi connectivity index (χ4v) is 2.25. The smallest absolute Gasteiger partial charge is 0.261 e. The molecule has 0 spiro atoms. The Morgan fingerprint density at radius 1 is 1.23 bits per heavy atom. The Bertz CT molecular complexity index is 881. The van der Waals surface area contributed by atoms with Gasteiger partial charge in [0.05, 0.1) is 6.54 Å². The molecule has 0 aliphatic rings. The number of hydrogen-bond acceptors (Lipinski definition) is 5. The predicted octanol–water partition coefficient (Wildman–Crippen LogP) is 3.61. The molecular formula is C18H15ClFN3O3. The lowest BCUT2D eigenvalue weighted by Crippen LogP contribution is -2.35. The number of ether oxygens (including phenoxy) is 1. The Morgan fingerprint density at radius 3 is 2.62 bits per heavy atom. The molecule has 0 aliphatic carbocycles. The number of halogens is 2. The molecule has 0 saturated carbocycles. The van der Waals surface area contributed by atoms with E-state index in [-0.39, 0.29) is 24.2 Å². The summed E-state index contributed by atoms with van der Waals surface area (Å²) in [5, 5.41) is 7.13. The van der Waals surface area contributed by atoms with Gasteiger partial charge in [-0.25, -0.2) is 4.39 Å². The third-order valence-corrected chi connectivity index (χ3v) is 3.73. The second-order valence-corrected chi connectivity index (χ2v) is 5.89. The summed E-state index contributed by atoms with van der Waals surface area (Å²) < 4.78 is 23.4. The number of benzene rings is 2. The van der Waals surface area contributed by atoms with Gasteiger partial charge in [-0.3, -0.25) is 4.79 Å². The number of aromatic nitrogens is 2. The molecule has 1 atom stereocenters. The van der Waals surface area contributed by atoms with Gasteiger partial charge in [0, 0.05) is 10.6 Å². The van der Waals surface area contributed by atoms with Crippen LogP contribution >= 0.6 is 11.6 Å². The molecule has 1 N–H and O–H groups in total. The molecule has 0 unspecified atom stereocenters. The van der Waals surface area contributed by atoms with Crippen molar-refractivity contribution < 1.29 is 18.4 Å². The molecule has 8 heteroatoms. The standard InChI is InChI=1S/C18H15ClFN3O3/c1-11(25-15-8-6-14(20)7-9-15)18(24)21-10-16-22-17(23-26-16)12-2-4-13(19)5-3-12/h2-9,11H,10H2,1H3,(H,21,24)/t11-/m0/s1. The van der Waals surface area contributed by atoms with E-state index in [0.29, 0.717) is 16.6 Å². The van der Waals surface area contributed by atoms with E-state index in [1.165, 1.54) is 24.3 Å². The van der Waals surface area contributed by atoms with Gasteiger partial charge in [-0.1, -0.05) is 16.8 Å². The maximum Gasteiger partial charge on any atom is 0.261 e. The van der Waals surface area contributed by atoms with Gasteiger partial charge in [0.2, 0.25) is 11.7 Å². The summed E-state index contributed by atoms with van der Waals surface area (Å²) in [7, 11) is 0. The van der Waals surface area contributed by atoms with Crippen LogP contribution in [0.1, 0.15) is 12.8 Å². The van der Waals surface area contributed by atoms with Crippen LogP contribution in [0.25, 0.3) is 11.4 Å². The molecule has 6 nitrogen and oxygen atoms in total. The van der Waals surface area contributed by atoms with E-state index in [2.05, 4.69) is 15.5 Å². The molecule has 134 valence electrons. The minimum Gasteiger partial charge on any atom is -0.481 e. The lowest BCUT2D eigenvalue weighted by atomic mass is 10.2. The van der Waals surface area contributed by atoms with Crippen molar-refractivity contribution in [2.75, 3.05) is 0 Å². The molecule has 1 amide bonds. The number of carbonyl (C=O) groups excluding carboxylic acids is 1. The van der Waals surface area contributed by atoms with Crippen molar-refractivity contribution in [3.63, 3.8) is 0 Å². The number of nitrogens with zero attached hydrogens (tertiary/aromatic N) is 2. The molecule has 3 rings (SSSR count). The molecule has 1 aromatic heterocycles. The number of hydrogen-bond donors (Lipinski definition) is 1. The molecule has 1 heterocycles. The Balaban J connectivity index is 1.54. The third-order valence-electron chi connectivity index (χ3n) is 3.48. The van der Waals surface area contributed by atoms with Crippen LogP contribution in [0.3, 0.4) is 0 Å². The average molecular weight is 376 g/mol. The van der Waals surface area contributed by atoms with Gasteiger partial charge < -0.3 is 14.6 Å². The first kappa shape index (κ1) is 17.9. The number of carbonyl (C=O) groups is 1. The molecule has 0 fully saturated rings. The van der Waals surface area contributed by atoms with Gasteiger partial charge in [-0.05, 0) is 55.5 Å². The molecule has 26 heavy (non-hydrogen) atoms. The highest BCUT2D eigenvalue weighted by Gasteiger charge is 2.16. The number of amides is 1. The van der Waals surface area contributed by atoms with Gasteiger partial charge in [-0.15, -0.1) is 0 Å². The average Bonchev–Trinajstić information content (AvgIpc) is 3.11. The van der Waals surface area contributed by atoms with Gasteiger partial charge in [0.25, 0.3) is 5.91 Å².